The summed E-state index contributed by atoms with van der Waals surface area (Å²) >= 11 is 12.6. The van der Waals surface area contributed by atoms with E-state index >= 15 is 0 Å². The molecule has 1 amide bonds. The van der Waals surface area contributed by atoms with Gasteiger partial charge in [-0.2, -0.15) is 5.10 Å². The van der Waals surface area contributed by atoms with Gasteiger partial charge in [0.2, 0.25) is 5.91 Å². The number of benzene rings is 1. The van der Waals surface area contributed by atoms with E-state index in [1.165, 1.54) is 12.0 Å². The molecule has 1 aliphatic carbocycles. The van der Waals surface area contributed by atoms with Gasteiger partial charge in [-0.25, -0.2) is 14.6 Å². The van der Waals surface area contributed by atoms with Crippen LogP contribution >= 0.6 is 23.2 Å². The van der Waals surface area contributed by atoms with Gasteiger partial charge in [0.1, 0.15) is 5.52 Å². The molecule has 0 radical (unpaired) electrons. The first-order chi connectivity index (χ1) is 17.7. The lowest BCUT2D eigenvalue weighted by Gasteiger charge is -2.39. The van der Waals surface area contributed by atoms with Crippen LogP contribution in [0, 0.1) is 12.8 Å². The van der Waals surface area contributed by atoms with Gasteiger partial charge in [-0.1, -0.05) is 42.3 Å². The number of allylic oxidation sites excluding steroid dienone is 1. The molecule has 5 rings (SSSR count). The van der Waals surface area contributed by atoms with Crippen LogP contribution in [0.2, 0.25) is 10.0 Å². The molecular formula is C28H34Cl2N6O. The van der Waals surface area contributed by atoms with Crippen LogP contribution in [0.15, 0.2) is 30.5 Å². The Labute approximate surface area is 228 Å². The number of hydrogen-bond acceptors (Lipinski definition) is 5. The standard InChI is InChI=1S/C28H34Cl2N6O/c1-16-13-19(6-10-25(16)35-12-4-5-21(35)8-11-26(31)37)24-15-32-27-17(2)34-36(28(27)33-24)18(3)22-9-7-20(29)14-23(22)30/h6-7,9,14-16,18,21,25H,4-5,8,10-13H2,1-3H3,(H2,31,37)/t16-,18?,21+,25+/m1/s1. The number of rotatable bonds is 7. The number of aromatic nitrogens is 4. The number of primary amides is 1. The van der Waals surface area contributed by atoms with Crippen molar-refractivity contribution in [2.45, 2.75) is 77.4 Å². The molecule has 196 valence electrons. The summed E-state index contributed by atoms with van der Waals surface area (Å²) in [5.41, 5.74) is 10.9. The molecule has 3 aromatic rings. The molecule has 1 aliphatic heterocycles. The summed E-state index contributed by atoms with van der Waals surface area (Å²) in [6.07, 6.45) is 9.78. The second-order valence-electron chi connectivity index (χ2n) is 10.6. The smallest absolute Gasteiger partial charge is 0.217 e. The highest BCUT2D eigenvalue weighted by atomic mass is 35.5. The third-order valence-electron chi connectivity index (χ3n) is 8.06. The summed E-state index contributed by atoms with van der Waals surface area (Å²) in [7, 11) is 0. The molecule has 1 saturated heterocycles. The molecule has 37 heavy (non-hydrogen) atoms. The minimum atomic E-state index is -0.207. The molecule has 3 heterocycles. The maximum atomic E-state index is 11.3. The minimum Gasteiger partial charge on any atom is -0.370 e. The van der Waals surface area contributed by atoms with E-state index in [0.717, 1.165) is 60.3 Å². The second kappa shape index (κ2) is 10.7. The molecule has 9 heteroatoms. The lowest BCUT2D eigenvalue weighted by atomic mass is 9.83. The fourth-order valence-corrected chi connectivity index (χ4v) is 6.66. The van der Waals surface area contributed by atoms with Crippen LogP contribution in [0.4, 0.5) is 0 Å². The van der Waals surface area contributed by atoms with Gasteiger partial charge in [-0.05, 0) is 81.7 Å². The Morgan fingerprint density at radius 1 is 1.30 bits per heavy atom. The average molecular weight is 542 g/mol. The van der Waals surface area contributed by atoms with Crippen LogP contribution in [0.1, 0.15) is 75.4 Å². The molecule has 2 N–H and O–H groups in total. The number of carbonyl (C=O) groups is 1. The van der Waals surface area contributed by atoms with Crippen LogP contribution in [-0.2, 0) is 4.79 Å². The fourth-order valence-electron chi connectivity index (χ4n) is 6.09. The Morgan fingerprint density at radius 2 is 2.11 bits per heavy atom. The van der Waals surface area contributed by atoms with Gasteiger partial charge >= 0.3 is 0 Å². The van der Waals surface area contributed by atoms with E-state index in [9.17, 15) is 4.79 Å². The number of hydrogen-bond donors (Lipinski definition) is 1. The number of nitrogens with zero attached hydrogens (tertiary/aromatic N) is 5. The highest BCUT2D eigenvalue weighted by molar-refractivity contribution is 6.35. The van der Waals surface area contributed by atoms with E-state index in [1.54, 1.807) is 6.07 Å². The largest absolute Gasteiger partial charge is 0.370 e. The molecule has 0 spiro atoms. The summed E-state index contributed by atoms with van der Waals surface area (Å²) in [6.45, 7) is 7.44. The molecule has 2 aliphatic rings. The van der Waals surface area contributed by atoms with E-state index in [2.05, 4.69) is 24.8 Å². The van der Waals surface area contributed by atoms with E-state index in [-0.39, 0.29) is 11.9 Å². The number of likely N-dealkylation sites (tertiary alicyclic amines) is 1. The number of nitrogens with two attached hydrogens (primary N) is 1. The molecule has 1 unspecified atom stereocenters. The molecule has 4 atom stereocenters. The first-order valence-electron chi connectivity index (χ1n) is 13.1. The Kier molecular flexibility index (Phi) is 7.57. The lowest BCUT2D eigenvalue weighted by Crippen LogP contribution is -2.44. The minimum absolute atomic E-state index is 0.123. The summed E-state index contributed by atoms with van der Waals surface area (Å²) in [5.74, 6) is 0.270. The Balaban J connectivity index is 1.41. The molecule has 2 aromatic heterocycles. The highest BCUT2D eigenvalue weighted by Gasteiger charge is 2.35. The Hall–Kier alpha value is -2.48. The van der Waals surface area contributed by atoms with Crippen molar-refractivity contribution in [3.05, 3.63) is 57.5 Å². The summed E-state index contributed by atoms with van der Waals surface area (Å²) in [5, 5.41) is 5.99. The predicted octanol–water partition coefficient (Wildman–Crippen LogP) is 5.96. The first kappa shape index (κ1) is 26.1. The van der Waals surface area contributed by atoms with Crippen molar-refractivity contribution in [3.63, 3.8) is 0 Å². The van der Waals surface area contributed by atoms with Crippen molar-refractivity contribution < 1.29 is 4.79 Å². The van der Waals surface area contributed by atoms with Crippen molar-refractivity contribution in [2.24, 2.45) is 11.7 Å². The molecule has 1 fully saturated rings. The quantitative estimate of drug-likeness (QED) is 0.399. The van der Waals surface area contributed by atoms with Crippen molar-refractivity contribution in [1.29, 1.82) is 0 Å². The number of aryl methyl sites for hydroxylation is 1. The number of fused-ring (bicyclic) bond motifs is 1. The van der Waals surface area contributed by atoms with Gasteiger partial charge in [0.25, 0.3) is 0 Å². The Morgan fingerprint density at radius 3 is 2.84 bits per heavy atom. The summed E-state index contributed by atoms with van der Waals surface area (Å²) in [6, 6.07) is 6.34. The normalized spacial score (nSPS) is 23.4. The van der Waals surface area contributed by atoms with E-state index < -0.39 is 0 Å². The SMILES string of the molecule is Cc1nn(C(C)c2ccc(Cl)cc2Cl)c2nc(C3=CC[C@H](N4CCC[C@H]4CCC(N)=O)[C@H](C)C3)cnc12. The van der Waals surface area contributed by atoms with Crippen molar-refractivity contribution in [3.8, 4) is 0 Å². The topological polar surface area (TPSA) is 89.9 Å². The number of carbonyl (C=O) groups excluding carboxylic acids is 1. The third kappa shape index (κ3) is 5.27. The molecule has 1 aromatic carbocycles. The second-order valence-corrected chi connectivity index (χ2v) is 11.4. The van der Waals surface area contributed by atoms with E-state index in [1.807, 2.05) is 29.9 Å². The van der Waals surface area contributed by atoms with Gasteiger partial charge < -0.3 is 5.73 Å². The van der Waals surface area contributed by atoms with Crippen LogP contribution in [0.25, 0.3) is 16.7 Å². The molecule has 0 bridgehead atoms. The van der Waals surface area contributed by atoms with Crippen molar-refractivity contribution in [1.82, 2.24) is 24.6 Å². The zero-order valence-corrected chi connectivity index (χ0v) is 23.1. The maximum absolute atomic E-state index is 11.3. The number of amides is 1. The average Bonchev–Trinajstić information content (AvgIpc) is 3.46. The van der Waals surface area contributed by atoms with Gasteiger partial charge in [-0.15, -0.1) is 0 Å². The van der Waals surface area contributed by atoms with Crippen LogP contribution in [-0.4, -0.2) is 49.2 Å². The third-order valence-corrected chi connectivity index (χ3v) is 8.62. The van der Waals surface area contributed by atoms with Gasteiger partial charge in [0.15, 0.2) is 5.65 Å². The fraction of sp³-hybridized carbons (Fsp3) is 0.500. The van der Waals surface area contributed by atoms with Crippen LogP contribution < -0.4 is 5.73 Å². The van der Waals surface area contributed by atoms with Crippen LogP contribution in [0.5, 0.6) is 0 Å². The first-order valence-corrected chi connectivity index (χ1v) is 13.9. The maximum Gasteiger partial charge on any atom is 0.217 e. The Bertz CT molecular complexity index is 1350. The monoisotopic (exact) mass is 540 g/mol. The molecular weight excluding hydrogens is 507 g/mol. The van der Waals surface area contributed by atoms with Crippen molar-refractivity contribution in [2.75, 3.05) is 6.54 Å². The van der Waals surface area contributed by atoms with Crippen molar-refractivity contribution >= 4 is 45.8 Å². The lowest BCUT2D eigenvalue weighted by molar-refractivity contribution is -0.118. The predicted molar refractivity (Wildman–Crippen MR) is 149 cm³/mol. The van der Waals surface area contributed by atoms with Gasteiger partial charge in [-0.3, -0.25) is 9.69 Å². The highest BCUT2D eigenvalue weighted by Crippen LogP contribution is 2.37. The molecule has 0 saturated carbocycles. The summed E-state index contributed by atoms with van der Waals surface area (Å²) in [4.78, 5) is 23.8. The van der Waals surface area contributed by atoms with E-state index in [0.29, 0.717) is 34.5 Å². The molecule has 7 nitrogen and oxygen atoms in total. The van der Waals surface area contributed by atoms with Crippen LogP contribution in [0.3, 0.4) is 0 Å². The zero-order chi connectivity index (χ0) is 26.3. The van der Waals surface area contributed by atoms with E-state index in [4.69, 9.17) is 44.0 Å². The van der Waals surface area contributed by atoms with Gasteiger partial charge in [0, 0.05) is 28.5 Å². The number of halogens is 2. The zero-order valence-electron chi connectivity index (χ0n) is 21.6. The van der Waals surface area contributed by atoms with Gasteiger partial charge in [0.05, 0.1) is 23.6 Å². The summed E-state index contributed by atoms with van der Waals surface area (Å²) < 4.78 is 1.92.